The van der Waals surface area contributed by atoms with E-state index in [1.807, 2.05) is 103 Å². The van der Waals surface area contributed by atoms with Crippen molar-refractivity contribution in [3.05, 3.63) is 199 Å². The fraction of sp³-hybridized carbons (Fsp3) is 0. The number of nitriles is 2. The largest absolute Gasteiger partial charge is 0.309 e. The van der Waals surface area contributed by atoms with Crippen LogP contribution in [0.2, 0.25) is 0 Å². The van der Waals surface area contributed by atoms with Gasteiger partial charge in [-0.25, -0.2) is 15.0 Å². The molecule has 0 unspecified atom stereocenters. The molecule has 7 heteroatoms. The Labute approximate surface area is 345 Å². The lowest BCUT2D eigenvalue weighted by atomic mass is 9.99. The van der Waals surface area contributed by atoms with Crippen molar-refractivity contribution in [1.82, 2.24) is 24.1 Å². The highest BCUT2D eigenvalue weighted by Gasteiger charge is 2.21. The fourth-order valence-corrected chi connectivity index (χ4v) is 8.52. The first-order valence-electron chi connectivity index (χ1n) is 19.6. The number of hydrogen-bond donors (Lipinski definition) is 0. The Morgan fingerprint density at radius 2 is 0.800 bits per heavy atom. The van der Waals surface area contributed by atoms with Crippen LogP contribution < -0.4 is 0 Å². The third-order valence-corrected chi connectivity index (χ3v) is 11.2. The van der Waals surface area contributed by atoms with Gasteiger partial charge in [-0.2, -0.15) is 10.5 Å². The molecule has 0 saturated carbocycles. The summed E-state index contributed by atoms with van der Waals surface area (Å²) in [5.41, 5.74) is 11.2. The quantitative estimate of drug-likeness (QED) is 0.168. The molecule has 0 bridgehead atoms. The molecule has 7 nitrogen and oxygen atoms in total. The highest BCUT2D eigenvalue weighted by molar-refractivity contribution is 6.10. The molecule has 278 valence electrons. The summed E-state index contributed by atoms with van der Waals surface area (Å²) in [6, 6.07) is 67.9. The van der Waals surface area contributed by atoms with Gasteiger partial charge >= 0.3 is 0 Å². The van der Waals surface area contributed by atoms with Crippen LogP contribution in [0.25, 0.3) is 100 Å². The standard InChI is InChI=1S/C53H31N7/c54-32-34-13-12-16-36(29-34)40-28-27-38(31-50(40)60-47-23-10-6-19-43(47)44-20-7-11-24-48(44)60)53-57-51(35-14-2-1-3-15-35)56-52(58-53)37-25-26-39(33-55)49(30-37)59-45-21-8-4-17-41(45)42-18-5-9-22-46(42)59/h1-31H. The van der Waals surface area contributed by atoms with E-state index in [1.165, 1.54) is 0 Å². The van der Waals surface area contributed by atoms with E-state index in [0.717, 1.165) is 82.8 Å². The predicted molar refractivity (Wildman–Crippen MR) is 240 cm³/mol. The van der Waals surface area contributed by atoms with Crippen molar-refractivity contribution in [2.75, 3.05) is 0 Å². The van der Waals surface area contributed by atoms with E-state index in [0.29, 0.717) is 28.6 Å². The number of hydrogen-bond acceptors (Lipinski definition) is 5. The van der Waals surface area contributed by atoms with Crippen molar-refractivity contribution in [1.29, 1.82) is 10.5 Å². The summed E-state index contributed by atoms with van der Waals surface area (Å²) in [7, 11) is 0. The summed E-state index contributed by atoms with van der Waals surface area (Å²) < 4.78 is 4.45. The molecule has 0 spiro atoms. The first kappa shape index (κ1) is 34.6. The summed E-state index contributed by atoms with van der Waals surface area (Å²) >= 11 is 0. The first-order chi connectivity index (χ1) is 29.7. The summed E-state index contributed by atoms with van der Waals surface area (Å²) in [5, 5.41) is 24.8. The molecule has 3 aromatic heterocycles. The van der Waals surface area contributed by atoms with Crippen LogP contribution >= 0.6 is 0 Å². The monoisotopic (exact) mass is 765 g/mol. The first-order valence-corrected chi connectivity index (χ1v) is 19.6. The Bertz CT molecular complexity index is 3480. The van der Waals surface area contributed by atoms with Gasteiger partial charge in [0.15, 0.2) is 17.5 Å². The van der Waals surface area contributed by atoms with Gasteiger partial charge in [-0.15, -0.1) is 0 Å². The second kappa shape index (κ2) is 14.1. The minimum absolute atomic E-state index is 0.481. The van der Waals surface area contributed by atoms with Gasteiger partial charge in [0.05, 0.1) is 50.6 Å². The number of para-hydroxylation sites is 4. The van der Waals surface area contributed by atoms with E-state index < -0.39 is 0 Å². The van der Waals surface area contributed by atoms with E-state index in [4.69, 9.17) is 15.0 Å². The molecule has 8 aromatic carbocycles. The Morgan fingerprint density at radius 3 is 1.33 bits per heavy atom. The molecule has 0 saturated heterocycles. The third kappa shape index (κ3) is 5.61. The van der Waals surface area contributed by atoms with Gasteiger partial charge in [0.1, 0.15) is 6.07 Å². The van der Waals surface area contributed by atoms with Gasteiger partial charge in [0, 0.05) is 43.8 Å². The van der Waals surface area contributed by atoms with Gasteiger partial charge in [0.2, 0.25) is 0 Å². The molecule has 0 atom stereocenters. The van der Waals surface area contributed by atoms with E-state index in [2.05, 4.69) is 106 Å². The molecule has 0 amide bonds. The van der Waals surface area contributed by atoms with Crippen LogP contribution in [0.1, 0.15) is 11.1 Å². The van der Waals surface area contributed by atoms with Gasteiger partial charge in [-0.3, -0.25) is 0 Å². The SMILES string of the molecule is N#Cc1cccc(-c2ccc(-c3nc(-c4ccccc4)nc(-c4ccc(C#N)c(-n5c6ccccc6c6ccccc65)c4)n3)cc2-n2c3ccccc3c3ccccc32)c1. The lowest BCUT2D eigenvalue weighted by molar-refractivity contribution is 1.07. The van der Waals surface area contributed by atoms with Gasteiger partial charge < -0.3 is 9.13 Å². The zero-order chi connectivity index (χ0) is 40.2. The Morgan fingerprint density at radius 1 is 0.350 bits per heavy atom. The highest BCUT2D eigenvalue weighted by Crippen LogP contribution is 2.39. The van der Waals surface area contributed by atoms with Crippen LogP contribution in [0.3, 0.4) is 0 Å². The zero-order valence-electron chi connectivity index (χ0n) is 32.0. The number of rotatable bonds is 6. The molecular weight excluding hydrogens is 735 g/mol. The average molecular weight is 766 g/mol. The minimum Gasteiger partial charge on any atom is -0.309 e. The molecule has 0 fully saturated rings. The topological polar surface area (TPSA) is 96.1 Å². The molecular formula is C53H31N7. The van der Waals surface area contributed by atoms with E-state index >= 15 is 0 Å². The molecule has 0 aliphatic carbocycles. The van der Waals surface area contributed by atoms with Crippen LogP contribution in [-0.4, -0.2) is 24.1 Å². The Balaban J connectivity index is 1.16. The zero-order valence-corrected chi connectivity index (χ0v) is 32.0. The van der Waals surface area contributed by atoms with Crippen LogP contribution in [0, 0.1) is 22.7 Å². The second-order valence-electron chi connectivity index (χ2n) is 14.7. The smallest absolute Gasteiger partial charge is 0.164 e. The fourth-order valence-electron chi connectivity index (χ4n) is 8.52. The normalized spacial score (nSPS) is 11.3. The Kier molecular flexibility index (Phi) is 8.11. The van der Waals surface area contributed by atoms with Gasteiger partial charge in [-0.1, -0.05) is 127 Å². The summed E-state index contributed by atoms with van der Waals surface area (Å²) in [6.07, 6.45) is 0. The number of aromatic nitrogens is 5. The summed E-state index contributed by atoms with van der Waals surface area (Å²) in [6.45, 7) is 0. The molecule has 11 aromatic rings. The number of fused-ring (bicyclic) bond motifs is 6. The maximum absolute atomic E-state index is 10.5. The maximum Gasteiger partial charge on any atom is 0.164 e. The van der Waals surface area contributed by atoms with Gasteiger partial charge in [0.25, 0.3) is 0 Å². The van der Waals surface area contributed by atoms with Crippen molar-refractivity contribution in [2.45, 2.75) is 0 Å². The average Bonchev–Trinajstić information content (AvgIpc) is 3.84. The molecule has 0 radical (unpaired) electrons. The molecule has 0 aliphatic heterocycles. The lowest BCUT2D eigenvalue weighted by Gasteiger charge is -2.17. The molecule has 3 heterocycles. The van der Waals surface area contributed by atoms with Crippen molar-refractivity contribution in [3.63, 3.8) is 0 Å². The molecule has 11 rings (SSSR count). The van der Waals surface area contributed by atoms with Crippen molar-refractivity contribution in [3.8, 4) is 68.8 Å². The van der Waals surface area contributed by atoms with Crippen LogP contribution in [0.4, 0.5) is 0 Å². The molecule has 60 heavy (non-hydrogen) atoms. The van der Waals surface area contributed by atoms with E-state index in [9.17, 15) is 10.5 Å². The van der Waals surface area contributed by atoms with Crippen LogP contribution in [-0.2, 0) is 0 Å². The highest BCUT2D eigenvalue weighted by atomic mass is 15.0. The van der Waals surface area contributed by atoms with Crippen molar-refractivity contribution >= 4 is 43.6 Å². The lowest BCUT2D eigenvalue weighted by Crippen LogP contribution is -2.03. The minimum atomic E-state index is 0.481. The second-order valence-corrected chi connectivity index (χ2v) is 14.7. The summed E-state index contributed by atoms with van der Waals surface area (Å²) in [5.74, 6) is 1.51. The maximum atomic E-state index is 10.5. The predicted octanol–water partition coefficient (Wildman–Crippen LogP) is 12.5. The Hall–Kier alpha value is -8.65. The number of nitrogens with zero attached hydrogens (tertiary/aromatic N) is 7. The van der Waals surface area contributed by atoms with E-state index in [1.54, 1.807) is 0 Å². The van der Waals surface area contributed by atoms with E-state index in [-0.39, 0.29) is 0 Å². The van der Waals surface area contributed by atoms with Crippen LogP contribution in [0.5, 0.6) is 0 Å². The number of benzene rings is 8. The molecule has 0 N–H and O–H groups in total. The van der Waals surface area contributed by atoms with Crippen LogP contribution in [0.15, 0.2) is 188 Å². The van der Waals surface area contributed by atoms with Gasteiger partial charge in [-0.05, 0) is 66.2 Å². The van der Waals surface area contributed by atoms with Crippen molar-refractivity contribution in [2.24, 2.45) is 0 Å². The third-order valence-electron chi connectivity index (χ3n) is 11.2. The molecule has 0 aliphatic rings. The summed E-state index contributed by atoms with van der Waals surface area (Å²) in [4.78, 5) is 15.4. The van der Waals surface area contributed by atoms with Crippen molar-refractivity contribution < 1.29 is 0 Å².